The van der Waals surface area contributed by atoms with Crippen LogP contribution in [-0.2, 0) is 4.74 Å². The average Bonchev–Trinajstić information content (AvgIpc) is 3.11. The Morgan fingerprint density at radius 2 is 2.26 bits per heavy atom. The van der Waals surface area contributed by atoms with Crippen LogP contribution in [-0.4, -0.2) is 28.6 Å². The second-order valence-electron chi connectivity index (χ2n) is 6.73. The molecule has 1 aliphatic rings. The number of pyridine rings is 1. The molecule has 1 fully saturated rings. The van der Waals surface area contributed by atoms with Gasteiger partial charge >= 0.3 is 5.97 Å². The highest BCUT2D eigenvalue weighted by Crippen LogP contribution is 2.35. The van der Waals surface area contributed by atoms with E-state index in [1.54, 1.807) is 6.20 Å². The van der Waals surface area contributed by atoms with Gasteiger partial charge in [0.1, 0.15) is 11.2 Å². The van der Waals surface area contributed by atoms with Gasteiger partial charge in [0.2, 0.25) is 0 Å². The maximum Gasteiger partial charge on any atom is 0.341 e. The summed E-state index contributed by atoms with van der Waals surface area (Å²) in [5.41, 5.74) is 2.17. The number of anilines is 1. The van der Waals surface area contributed by atoms with Crippen LogP contribution in [0.2, 0.25) is 0 Å². The fraction of sp³-hybridized carbons (Fsp3) is 0.556. The molecule has 124 valence electrons. The van der Waals surface area contributed by atoms with Crippen LogP contribution in [0.4, 0.5) is 5.69 Å². The van der Waals surface area contributed by atoms with E-state index in [1.807, 2.05) is 19.2 Å². The maximum absolute atomic E-state index is 12.4. The van der Waals surface area contributed by atoms with Crippen molar-refractivity contribution in [2.24, 2.45) is 11.8 Å². The third-order valence-electron chi connectivity index (χ3n) is 4.69. The summed E-state index contributed by atoms with van der Waals surface area (Å²) in [4.78, 5) is 19.9. The SMILES string of the molecule is CCCOC(=O)c1cnc2[nH]ccc2c1NC1CC(C)CC1C. The standard InChI is InChI=1S/C18H25N3O2/c1-4-7-23-18(22)14-10-20-17-13(5-6-19-17)16(14)21-15-9-11(2)8-12(15)3/h5-6,10-12,15H,4,7-9H2,1-3H3,(H2,19,20,21). The Morgan fingerprint density at radius 3 is 2.96 bits per heavy atom. The van der Waals surface area contributed by atoms with Gasteiger partial charge < -0.3 is 15.0 Å². The van der Waals surface area contributed by atoms with Gasteiger partial charge in [-0.3, -0.25) is 0 Å². The fourth-order valence-electron chi connectivity index (χ4n) is 3.54. The van der Waals surface area contributed by atoms with Crippen molar-refractivity contribution in [3.63, 3.8) is 0 Å². The molecule has 0 radical (unpaired) electrons. The lowest BCUT2D eigenvalue weighted by Gasteiger charge is -2.21. The summed E-state index contributed by atoms with van der Waals surface area (Å²) in [5.74, 6) is 0.997. The number of aromatic nitrogens is 2. The molecule has 0 bridgehead atoms. The van der Waals surface area contributed by atoms with Gasteiger partial charge in [-0.15, -0.1) is 0 Å². The molecule has 0 aliphatic heterocycles. The monoisotopic (exact) mass is 315 g/mol. The number of H-pyrrole nitrogens is 1. The number of aromatic amines is 1. The average molecular weight is 315 g/mol. The molecule has 2 aromatic heterocycles. The van der Waals surface area contributed by atoms with E-state index < -0.39 is 0 Å². The number of nitrogens with zero attached hydrogens (tertiary/aromatic N) is 1. The van der Waals surface area contributed by atoms with E-state index in [1.165, 1.54) is 6.42 Å². The zero-order chi connectivity index (χ0) is 16.4. The lowest BCUT2D eigenvalue weighted by molar-refractivity contribution is 0.0506. The number of hydrogen-bond donors (Lipinski definition) is 2. The Bertz CT molecular complexity index is 695. The topological polar surface area (TPSA) is 67.0 Å². The minimum Gasteiger partial charge on any atom is -0.462 e. The minimum absolute atomic E-state index is 0.302. The molecule has 23 heavy (non-hydrogen) atoms. The first-order valence-corrected chi connectivity index (χ1v) is 8.49. The third-order valence-corrected chi connectivity index (χ3v) is 4.69. The first-order chi connectivity index (χ1) is 11.1. The van der Waals surface area contributed by atoms with Gasteiger partial charge in [-0.1, -0.05) is 20.8 Å². The Kier molecular flexibility index (Phi) is 4.55. The van der Waals surface area contributed by atoms with Crippen LogP contribution in [0.25, 0.3) is 11.0 Å². The van der Waals surface area contributed by atoms with Gasteiger partial charge in [0.25, 0.3) is 0 Å². The number of hydrogen-bond acceptors (Lipinski definition) is 4. The zero-order valence-corrected chi connectivity index (χ0v) is 14.1. The number of fused-ring (bicyclic) bond motifs is 1. The number of carbonyl (C=O) groups excluding carboxylic acids is 1. The second kappa shape index (κ2) is 6.60. The van der Waals surface area contributed by atoms with Crippen molar-refractivity contribution in [1.82, 2.24) is 9.97 Å². The van der Waals surface area contributed by atoms with E-state index in [9.17, 15) is 4.79 Å². The Labute approximate surface area is 136 Å². The first-order valence-electron chi connectivity index (χ1n) is 8.49. The number of ether oxygens (including phenoxy) is 1. The highest BCUT2D eigenvalue weighted by Gasteiger charge is 2.30. The molecule has 2 heterocycles. The lowest BCUT2D eigenvalue weighted by atomic mass is 10.0. The Morgan fingerprint density at radius 1 is 1.43 bits per heavy atom. The molecule has 0 aromatic carbocycles. The van der Waals surface area contributed by atoms with Crippen LogP contribution in [0.3, 0.4) is 0 Å². The molecule has 1 aliphatic carbocycles. The molecular weight excluding hydrogens is 290 g/mol. The van der Waals surface area contributed by atoms with Crippen molar-refractivity contribution < 1.29 is 9.53 Å². The molecule has 2 aromatic rings. The predicted octanol–water partition coefficient (Wildman–Crippen LogP) is 3.98. The maximum atomic E-state index is 12.4. The van der Waals surface area contributed by atoms with E-state index in [2.05, 4.69) is 29.1 Å². The van der Waals surface area contributed by atoms with Crippen molar-refractivity contribution in [2.45, 2.75) is 46.1 Å². The highest BCUT2D eigenvalue weighted by molar-refractivity contribution is 6.04. The normalized spacial score (nSPS) is 24.0. The summed E-state index contributed by atoms with van der Waals surface area (Å²) in [5, 5.41) is 4.56. The van der Waals surface area contributed by atoms with Crippen LogP contribution in [0.1, 0.15) is 50.4 Å². The minimum atomic E-state index is -0.302. The summed E-state index contributed by atoms with van der Waals surface area (Å²) in [7, 11) is 0. The van der Waals surface area contributed by atoms with E-state index in [4.69, 9.17) is 4.74 Å². The quantitative estimate of drug-likeness (QED) is 0.819. The lowest BCUT2D eigenvalue weighted by Crippen LogP contribution is -2.24. The molecule has 5 nitrogen and oxygen atoms in total. The molecular formula is C18H25N3O2. The molecule has 5 heteroatoms. The molecule has 1 saturated carbocycles. The third kappa shape index (κ3) is 3.19. The Balaban J connectivity index is 1.95. The van der Waals surface area contributed by atoms with Crippen LogP contribution in [0.5, 0.6) is 0 Å². The number of rotatable bonds is 5. The Hall–Kier alpha value is -2.04. The zero-order valence-electron chi connectivity index (χ0n) is 14.1. The van der Waals surface area contributed by atoms with Crippen LogP contribution >= 0.6 is 0 Å². The van der Waals surface area contributed by atoms with E-state index in [0.29, 0.717) is 30.0 Å². The van der Waals surface area contributed by atoms with Crippen molar-refractivity contribution in [3.8, 4) is 0 Å². The van der Waals surface area contributed by atoms with Crippen LogP contribution in [0, 0.1) is 11.8 Å². The van der Waals surface area contributed by atoms with Gasteiger partial charge in [-0.25, -0.2) is 9.78 Å². The van der Waals surface area contributed by atoms with E-state index in [-0.39, 0.29) is 5.97 Å². The first kappa shape index (κ1) is 15.8. The van der Waals surface area contributed by atoms with E-state index in [0.717, 1.165) is 29.6 Å². The van der Waals surface area contributed by atoms with E-state index >= 15 is 0 Å². The highest BCUT2D eigenvalue weighted by atomic mass is 16.5. The van der Waals surface area contributed by atoms with Crippen molar-refractivity contribution >= 4 is 22.7 Å². The summed E-state index contributed by atoms with van der Waals surface area (Å²) < 4.78 is 5.33. The van der Waals surface area contributed by atoms with Crippen LogP contribution in [0.15, 0.2) is 18.5 Å². The number of esters is 1. The van der Waals surface area contributed by atoms with Crippen molar-refractivity contribution in [3.05, 3.63) is 24.0 Å². The van der Waals surface area contributed by atoms with Crippen molar-refractivity contribution in [2.75, 3.05) is 11.9 Å². The summed E-state index contributed by atoms with van der Waals surface area (Å²) in [6, 6.07) is 2.34. The molecule has 3 atom stereocenters. The van der Waals surface area contributed by atoms with Gasteiger partial charge in [0.05, 0.1) is 12.3 Å². The molecule has 0 saturated heterocycles. The number of nitrogens with one attached hydrogen (secondary N) is 2. The molecule has 0 spiro atoms. The van der Waals surface area contributed by atoms with Gasteiger partial charge in [0, 0.05) is 23.8 Å². The summed E-state index contributed by atoms with van der Waals surface area (Å²) >= 11 is 0. The molecule has 3 rings (SSSR count). The smallest absolute Gasteiger partial charge is 0.341 e. The predicted molar refractivity (Wildman–Crippen MR) is 91.6 cm³/mol. The summed E-state index contributed by atoms with van der Waals surface area (Å²) in [6.07, 6.45) is 6.62. The van der Waals surface area contributed by atoms with Crippen molar-refractivity contribution in [1.29, 1.82) is 0 Å². The molecule has 3 unspecified atom stereocenters. The van der Waals surface area contributed by atoms with Gasteiger partial charge in [0.15, 0.2) is 0 Å². The number of carbonyl (C=O) groups is 1. The molecule has 0 amide bonds. The second-order valence-corrected chi connectivity index (χ2v) is 6.73. The van der Waals surface area contributed by atoms with Gasteiger partial charge in [-0.2, -0.15) is 0 Å². The largest absolute Gasteiger partial charge is 0.462 e. The molecule has 2 N–H and O–H groups in total. The van der Waals surface area contributed by atoms with Gasteiger partial charge in [-0.05, 0) is 37.2 Å². The summed E-state index contributed by atoms with van der Waals surface area (Å²) in [6.45, 7) is 6.97. The van der Waals surface area contributed by atoms with Crippen LogP contribution < -0.4 is 5.32 Å². The fourth-order valence-corrected chi connectivity index (χ4v) is 3.54.